The SMILES string of the molecule is C=C(C)Nc1cccc(C(=O)NC)c1.CC.CC. The minimum absolute atomic E-state index is 0.0876. The zero-order chi connectivity index (χ0) is 14.6. The summed E-state index contributed by atoms with van der Waals surface area (Å²) in [4.78, 5) is 11.3. The second kappa shape index (κ2) is 11.7. The lowest BCUT2D eigenvalue weighted by molar-refractivity contribution is 0.0963. The van der Waals surface area contributed by atoms with E-state index in [0.717, 1.165) is 11.4 Å². The van der Waals surface area contributed by atoms with Crippen LogP contribution in [0.25, 0.3) is 0 Å². The lowest BCUT2D eigenvalue weighted by atomic mass is 10.2. The Bertz CT molecular complexity index is 359. The Hall–Kier alpha value is -1.77. The number of hydrogen-bond donors (Lipinski definition) is 2. The molecule has 2 N–H and O–H groups in total. The average Bonchev–Trinajstić information content (AvgIpc) is 2.42. The summed E-state index contributed by atoms with van der Waals surface area (Å²) in [7, 11) is 1.61. The van der Waals surface area contributed by atoms with Gasteiger partial charge in [0.05, 0.1) is 0 Å². The van der Waals surface area contributed by atoms with Crippen molar-refractivity contribution in [2.24, 2.45) is 0 Å². The first kappa shape index (κ1) is 18.6. The third kappa shape index (κ3) is 7.49. The van der Waals surface area contributed by atoms with E-state index in [1.54, 1.807) is 19.2 Å². The van der Waals surface area contributed by atoms with Gasteiger partial charge in [0.1, 0.15) is 0 Å². The first-order chi connectivity index (χ1) is 8.63. The molecule has 0 aromatic heterocycles. The van der Waals surface area contributed by atoms with E-state index >= 15 is 0 Å². The average molecular weight is 250 g/mol. The van der Waals surface area contributed by atoms with Gasteiger partial charge in [0, 0.05) is 24.0 Å². The molecule has 0 bridgehead atoms. The van der Waals surface area contributed by atoms with E-state index < -0.39 is 0 Å². The third-order valence-electron chi connectivity index (χ3n) is 1.71. The maximum absolute atomic E-state index is 11.3. The van der Waals surface area contributed by atoms with Crippen molar-refractivity contribution in [3.8, 4) is 0 Å². The van der Waals surface area contributed by atoms with Crippen LogP contribution >= 0.6 is 0 Å². The Kier molecular flexibility index (Phi) is 12.1. The van der Waals surface area contributed by atoms with E-state index in [0.29, 0.717) is 5.56 Å². The predicted molar refractivity (Wildman–Crippen MR) is 81.0 cm³/mol. The molecule has 0 unspecified atom stereocenters. The van der Waals surface area contributed by atoms with Gasteiger partial charge in [0.25, 0.3) is 5.91 Å². The highest BCUT2D eigenvalue weighted by Gasteiger charge is 2.02. The first-order valence-electron chi connectivity index (χ1n) is 6.38. The van der Waals surface area contributed by atoms with Gasteiger partial charge in [-0.2, -0.15) is 0 Å². The van der Waals surface area contributed by atoms with Crippen LogP contribution in [-0.4, -0.2) is 13.0 Å². The van der Waals surface area contributed by atoms with Crippen molar-refractivity contribution in [1.29, 1.82) is 0 Å². The first-order valence-corrected chi connectivity index (χ1v) is 6.38. The summed E-state index contributed by atoms with van der Waals surface area (Å²) in [6.07, 6.45) is 0. The summed E-state index contributed by atoms with van der Waals surface area (Å²) >= 11 is 0. The van der Waals surface area contributed by atoms with Crippen molar-refractivity contribution < 1.29 is 4.79 Å². The summed E-state index contributed by atoms with van der Waals surface area (Å²) in [5.74, 6) is -0.0876. The number of amides is 1. The topological polar surface area (TPSA) is 41.1 Å². The number of nitrogens with one attached hydrogen (secondary N) is 2. The van der Waals surface area contributed by atoms with Gasteiger partial charge in [-0.3, -0.25) is 4.79 Å². The molecule has 1 amide bonds. The molecular formula is C15H26N2O. The summed E-state index contributed by atoms with van der Waals surface area (Å²) in [6, 6.07) is 7.27. The van der Waals surface area contributed by atoms with Crippen LogP contribution in [0.3, 0.4) is 0 Å². The van der Waals surface area contributed by atoms with Crippen molar-refractivity contribution in [1.82, 2.24) is 5.32 Å². The minimum Gasteiger partial charge on any atom is -0.360 e. The quantitative estimate of drug-likeness (QED) is 0.850. The fraction of sp³-hybridized carbons (Fsp3) is 0.400. The van der Waals surface area contributed by atoms with Crippen LogP contribution in [0.5, 0.6) is 0 Å². The summed E-state index contributed by atoms with van der Waals surface area (Å²) in [5.41, 5.74) is 2.36. The lowest BCUT2D eigenvalue weighted by Crippen LogP contribution is -2.17. The Labute approximate surface area is 111 Å². The van der Waals surface area contributed by atoms with Crippen molar-refractivity contribution in [2.75, 3.05) is 12.4 Å². The normalized spacial score (nSPS) is 7.89. The lowest BCUT2D eigenvalue weighted by Gasteiger charge is -2.06. The van der Waals surface area contributed by atoms with Gasteiger partial charge in [-0.25, -0.2) is 0 Å². The van der Waals surface area contributed by atoms with Crippen LogP contribution in [0, 0.1) is 0 Å². The fourth-order valence-electron chi connectivity index (χ4n) is 1.13. The van der Waals surface area contributed by atoms with Crippen LogP contribution in [-0.2, 0) is 0 Å². The summed E-state index contributed by atoms with van der Waals surface area (Å²) in [5, 5.41) is 5.62. The summed E-state index contributed by atoms with van der Waals surface area (Å²) < 4.78 is 0. The van der Waals surface area contributed by atoms with Crippen molar-refractivity contribution in [3.63, 3.8) is 0 Å². The maximum Gasteiger partial charge on any atom is 0.251 e. The van der Waals surface area contributed by atoms with Crippen LogP contribution in [0.1, 0.15) is 45.0 Å². The molecule has 102 valence electrons. The number of rotatable bonds is 3. The number of anilines is 1. The second-order valence-electron chi connectivity index (χ2n) is 3.07. The van der Waals surface area contributed by atoms with Crippen LogP contribution in [0.15, 0.2) is 36.5 Å². The molecule has 1 aromatic rings. The van der Waals surface area contributed by atoms with Gasteiger partial charge in [0.2, 0.25) is 0 Å². The van der Waals surface area contributed by atoms with Crippen molar-refractivity contribution in [3.05, 3.63) is 42.1 Å². The Morgan fingerprint density at radius 1 is 1.17 bits per heavy atom. The predicted octanol–water partition coefficient (Wildman–Crippen LogP) is 4.04. The highest BCUT2D eigenvalue weighted by Crippen LogP contribution is 2.11. The fourth-order valence-corrected chi connectivity index (χ4v) is 1.13. The van der Waals surface area contributed by atoms with Crippen LogP contribution < -0.4 is 10.6 Å². The Balaban J connectivity index is 0. The molecule has 0 heterocycles. The number of benzene rings is 1. The Morgan fingerprint density at radius 2 is 1.72 bits per heavy atom. The molecule has 1 aromatic carbocycles. The molecule has 18 heavy (non-hydrogen) atoms. The monoisotopic (exact) mass is 250 g/mol. The van der Waals surface area contributed by atoms with Gasteiger partial charge >= 0.3 is 0 Å². The van der Waals surface area contributed by atoms with Crippen molar-refractivity contribution >= 4 is 11.6 Å². The van der Waals surface area contributed by atoms with Crippen molar-refractivity contribution in [2.45, 2.75) is 34.6 Å². The molecule has 0 saturated heterocycles. The molecular weight excluding hydrogens is 224 g/mol. The standard InChI is InChI=1S/C11H14N2O.2C2H6/c1-8(2)13-10-6-4-5-9(7-10)11(14)12-3;2*1-2/h4-7,13H,1H2,2-3H3,(H,12,14);2*1-2H3. The molecule has 3 heteroatoms. The van der Waals surface area contributed by atoms with E-state index in [1.165, 1.54) is 0 Å². The van der Waals surface area contributed by atoms with E-state index in [-0.39, 0.29) is 5.91 Å². The molecule has 0 aliphatic rings. The van der Waals surface area contributed by atoms with Crippen LogP contribution in [0.4, 0.5) is 5.69 Å². The molecule has 0 spiro atoms. The molecule has 0 fully saturated rings. The molecule has 0 radical (unpaired) electrons. The third-order valence-corrected chi connectivity index (χ3v) is 1.71. The summed E-state index contributed by atoms with van der Waals surface area (Å²) in [6.45, 7) is 13.6. The molecule has 0 aliphatic carbocycles. The zero-order valence-corrected chi connectivity index (χ0v) is 12.4. The highest BCUT2D eigenvalue weighted by atomic mass is 16.1. The zero-order valence-electron chi connectivity index (χ0n) is 12.4. The van der Waals surface area contributed by atoms with Gasteiger partial charge in [-0.15, -0.1) is 0 Å². The molecule has 0 saturated carbocycles. The number of carbonyl (C=O) groups excluding carboxylic acids is 1. The van der Waals surface area contributed by atoms with Crippen LogP contribution in [0.2, 0.25) is 0 Å². The Morgan fingerprint density at radius 3 is 2.17 bits per heavy atom. The van der Waals surface area contributed by atoms with E-state index in [4.69, 9.17) is 0 Å². The van der Waals surface area contributed by atoms with Gasteiger partial charge in [-0.05, 0) is 25.1 Å². The number of hydrogen-bond acceptors (Lipinski definition) is 2. The molecule has 0 atom stereocenters. The highest BCUT2D eigenvalue weighted by molar-refractivity contribution is 5.94. The number of allylic oxidation sites excluding steroid dienone is 1. The van der Waals surface area contributed by atoms with E-state index in [1.807, 2.05) is 46.8 Å². The second-order valence-corrected chi connectivity index (χ2v) is 3.07. The smallest absolute Gasteiger partial charge is 0.251 e. The van der Waals surface area contributed by atoms with E-state index in [9.17, 15) is 4.79 Å². The van der Waals surface area contributed by atoms with E-state index in [2.05, 4.69) is 17.2 Å². The largest absolute Gasteiger partial charge is 0.360 e. The minimum atomic E-state index is -0.0876. The number of carbonyl (C=O) groups is 1. The molecule has 1 rings (SSSR count). The van der Waals surface area contributed by atoms with Gasteiger partial charge < -0.3 is 10.6 Å². The van der Waals surface area contributed by atoms with Gasteiger partial charge in [0.15, 0.2) is 0 Å². The molecule has 3 nitrogen and oxygen atoms in total. The van der Waals surface area contributed by atoms with Gasteiger partial charge in [-0.1, -0.05) is 40.3 Å². The maximum atomic E-state index is 11.3. The molecule has 0 aliphatic heterocycles.